The number of nitrogens with zero attached hydrogens (tertiary/aromatic N) is 3. The van der Waals surface area contributed by atoms with Gasteiger partial charge in [0.1, 0.15) is 17.9 Å². The van der Waals surface area contributed by atoms with Crippen LogP contribution >= 0.6 is 0 Å². The van der Waals surface area contributed by atoms with Gasteiger partial charge in [-0.2, -0.15) is 0 Å². The quantitative estimate of drug-likeness (QED) is 0.905. The maximum absolute atomic E-state index is 5.30. The number of hydrogen-bond acceptors (Lipinski definition) is 4. The number of hydrogen-bond donors (Lipinski definition) is 1. The molecule has 1 heterocycles. The Morgan fingerprint density at radius 3 is 3.11 bits per heavy atom. The van der Waals surface area contributed by atoms with Crippen LogP contribution in [0.5, 0.6) is 5.75 Å². The highest BCUT2D eigenvalue weighted by atomic mass is 16.5. The van der Waals surface area contributed by atoms with Gasteiger partial charge in [0.05, 0.1) is 13.7 Å². The number of aromatic nitrogens is 3. The third kappa shape index (κ3) is 2.33. The molecule has 19 heavy (non-hydrogen) atoms. The minimum atomic E-state index is 0.377. The molecule has 0 bridgehead atoms. The summed E-state index contributed by atoms with van der Waals surface area (Å²) in [5, 5.41) is 11.5. The molecule has 1 atom stereocenters. The first-order valence-corrected chi connectivity index (χ1v) is 6.51. The first kappa shape index (κ1) is 12.2. The molecule has 0 saturated heterocycles. The number of nitrogens with one attached hydrogen (secondary N) is 1. The summed E-state index contributed by atoms with van der Waals surface area (Å²) in [6, 6.07) is 6.71. The smallest absolute Gasteiger partial charge is 0.146 e. The molecule has 2 aromatic rings. The second-order valence-electron chi connectivity index (χ2n) is 4.89. The van der Waals surface area contributed by atoms with E-state index in [2.05, 4.69) is 27.6 Å². The summed E-state index contributed by atoms with van der Waals surface area (Å²) in [7, 11) is 3.67. The average molecular weight is 258 g/mol. The third-order valence-corrected chi connectivity index (χ3v) is 3.74. The number of ether oxygens (including phenoxy) is 1. The standard InChI is InChI=1S/C14H18N4O/c1-18-9-16-17-14(18)8-15-13-6-4-10-3-5-11(19-2)7-12(10)13/h3,5,7,9,13,15H,4,6,8H2,1-2H3. The topological polar surface area (TPSA) is 52.0 Å². The molecule has 100 valence electrons. The molecule has 1 aromatic carbocycles. The van der Waals surface area contributed by atoms with Crippen LogP contribution in [0.3, 0.4) is 0 Å². The van der Waals surface area contributed by atoms with E-state index < -0.39 is 0 Å². The average Bonchev–Trinajstić information content (AvgIpc) is 3.02. The molecule has 5 nitrogen and oxygen atoms in total. The number of aryl methyl sites for hydroxylation is 2. The van der Waals surface area contributed by atoms with Gasteiger partial charge in [-0.25, -0.2) is 0 Å². The zero-order valence-corrected chi connectivity index (χ0v) is 11.3. The fourth-order valence-electron chi connectivity index (χ4n) is 2.60. The number of methoxy groups -OCH3 is 1. The van der Waals surface area contributed by atoms with Crippen molar-refractivity contribution < 1.29 is 4.74 Å². The molecule has 0 amide bonds. The Morgan fingerprint density at radius 1 is 1.47 bits per heavy atom. The Morgan fingerprint density at radius 2 is 2.37 bits per heavy atom. The zero-order chi connectivity index (χ0) is 13.2. The van der Waals surface area contributed by atoms with Crippen molar-refractivity contribution in [2.75, 3.05) is 7.11 Å². The van der Waals surface area contributed by atoms with E-state index in [0.29, 0.717) is 6.04 Å². The summed E-state index contributed by atoms with van der Waals surface area (Å²) >= 11 is 0. The number of benzene rings is 1. The van der Waals surface area contributed by atoms with Crippen LogP contribution in [0.2, 0.25) is 0 Å². The lowest BCUT2D eigenvalue weighted by Crippen LogP contribution is -2.20. The Bertz CT molecular complexity index is 579. The minimum absolute atomic E-state index is 0.377. The number of fused-ring (bicyclic) bond motifs is 1. The van der Waals surface area contributed by atoms with Crippen LogP contribution in [0.15, 0.2) is 24.5 Å². The van der Waals surface area contributed by atoms with E-state index in [1.165, 1.54) is 11.1 Å². The highest BCUT2D eigenvalue weighted by Gasteiger charge is 2.22. The zero-order valence-electron chi connectivity index (χ0n) is 11.3. The van der Waals surface area contributed by atoms with Gasteiger partial charge in [0.15, 0.2) is 0 Å². The molecule has 5 heteroatoms. The van der Waals surface area contributed by atoms with Crippen molar-refractivity contribution in [2.45, 2.75) is 25.4 Å². The van der Waals surface area contributed by atoms with Gasteiger partial charge >= 0.3 is 0 Å². The lowest BCUT2D eigenvalue weighted by atomic mass is 10.1. The summed E-state index contributed by atoms with van der Waals surface area (Å²) in [6.45, 7) is 0.734. The molecule has 0 aliphatic heterocycles. The molecule has 1 aliphatic carbocycles. The van der Waals surface area contributed by atoms with Crippen molar-refractivity contribution in [1.29, 1.82) is 0 Å². The normalized spacial score (nSPS) is 17.5. The van der Waals surface area contributed by atoms with Crippen LogP contribution in [0.1, 0.15) is 29.4 Å². The van der Waals surface area contributed by atoms with Crippen molar-refractivity contribution in [2.24, 2.45) is 7.05 Å². The van der Waals surface area contributed by atoms with E-state index in [4.69, 9.17) is 4.74 Å². The second kappa shape index (κ2) is 5.01. The molecule has 0 radical (unpaired) electrons. The van der Waals surface area contributed by atoms with Gasteiger partial charge in [-0.3, -0.25) is 0 Å². The summed E-state index contributed by atoms with van der Waals surface area (Å²) in [6.07, 6.45) is 3.97. The van der Waals surface area contributed by atoms with E-state index in [9.17, 15) is 0 Å². The molecule has 0 spiro atoms. The summed E-state index contributed by atoms with van der Waals surface area (Å²) in [4.78, 5) is 0. The fraction of sp³-hybridized carbons (Fsp3) is 0.429. The molecule has 1 N–H and O–H groups in total. The highest BCUT2D eigenvalue weighted by molar-refractivity contribution is 5.40. The van der Waals surface area contributed by atoms with Gasteiger partial charge in [-0.15, -0.1) is 10.2 Å². The highest BCUT2D eigenvalue weighted by Crippen LogP contribution is 2.33. The van der Waals surface area contributed by atoms with E-state index in [1.54, 1.807) is 13.4 Å². The predicted molar refractivity (Wildman–Crippen MR) is 71.9 cm³/mol. The van der Waals surface area contributed by atoms with Crippen molar-refractivity contribution in [1.82, 2.24) is 20.1 Å². The van der Waals surface area contributed by atoms with Gasteiger partial charge in [0.25, 0.3) is 0 Å². The van der Waals surface area contributed by atoms with Crippen LogP contribution in [0.25, 0.3) is 0 Å². The summed E-state index contributed by atoms with van der Waals surface area (Å²) < 4.78 is 7.24. The number of rotatable bonds is 4. The molecular formula is C14H18N4O. The molecule has 1 unspecified atom stereocenters. The van der Waals surface area contributed by atoms with Crippen LogP contribution in [0, 0.1) is 0 Å². The van der Waals surface area contributed by atoms with Crippen LogP contribution in [0.4, 0.5) is 0 Å². The Kier molecular flexibility index (Phi) is 3.21. The van der Waals surface area contributed by atoms with E-state index in [-0.39, 0.29) is 0 Å². The summed E-state index contributed by atoms with van der Waals surface area (Å²) in [5.74, 6) is 1.88. The first-order chi connectivity index (χ1) is 9.28. The van der Waals surface area contributed by atoms with Crippen molar-refractivity contribution in [3.05, 3.63) is 41.5 Å². The Balaban J connectivity index is 1.73. The monoisotopic (exact) mass is 258 g/mol. The molecule has 3 rings (SSSR count). The van der Waals surface area contributed by atoms with Crippen LogP contribution in [-0.4, -0.2) is 21.9 Å². The van der Waals surface area contributed by atoms with Gasteiger partial charge in [0.2, 0.25) is 0 Å². The molecule has 0 fully saturated rings. The molecular weight excluding hydrogens is 240 g/mol. The van der Waals surface area contributed by atoms with Crippen LogP contribution < -0.4 is 10.1 Å². The van der Waals surface area contributed by atoms with Crippen molar-refractivity contribution in [3.8, 4) is 5.75 Å². The SMILES string of the molecule is COc1ccc2c(c1)C(NCc1nncn1C)CC2. The van der Waals surface area contributed by atoms with Gasteiger partial charge < -0.3 is 14.6 Å². The van der Waals surface area contributed by atoms with E-state index in [1.807, 2.05) is 17.7 Å². The van der Waals surface area contributed by atoms with Gasteiger partial charge in [-0.05, 0) is 36.1 Å². The first-order valence-electron chi connectivity index (χ1n) is 6.51. The Hall–Kier alpha value is -1.88. The molecule has 1 aromatic heterocycles. The fourth-order valence-corrected chi connectivity index (χ4v) is 2.60. The minimum Gasteiger partial charge on any atom is -0.497 e. The second-order valence-corrected chi connectivity index (χ2v) is 4.89. The maximum atomic E-state index is 5.30. The largest absolute Gasteiger partial charge is 0.497 e. The van der Waals surface area contributed by atoms with E-state index >= 15 is 0 Å². The predicted octanol–water partition coefficient (Wildman–Crippen LogP) is 1.60. The van der Waals surface area contributed by atoms with Crippen molar-refractivity contribution in [3.63, 3.8) is 0 Å². The molecule has 0 saturated carbocycles. The van der Waals surface area contributed by atoms with Gasteiger partial charge in [0, 0.05) is 13.1 Å². The maximum Gasteiger partial charge on any atom is 0.146 e. The third-order valence-electron chi connectivity index (χ3n) is 3.74. The summed E-state index contributed by atoms with van der Waals surface area (Å²) in [5.41, 5.74) is 2.76. The Labute approximate surface area is 112 Å². The van der Waals surface area contributed by atoms with Crippen LogP contribution in [-0.2, 0) is 20.0 Å². The lowest BCUT2D eigenvalue weighted by molar-refractivity contribution is 0.413. The van der Waals surface area contributed by atoms with Crippen molar-refractivity contribution >= 4 is 0 Å². The molecule has 1 aliphatic rings. The van der Waals surface area contributed by atoms with Gasteiger partial charge in [-0.1, -0.05) is 6.07 Å². The van der Waals surface area contributed by atoms with E-state index in [0.717, 1.165) is 31.0 Å². The lowest BCUT2D eigenvalue weighted by Gasteiger charge is -2.14.